The number of nitrogens with zero attached hydrogens (tertiary/aromatic N) is 1. The molecule has 0 spiro atoms. The Morgan fingerprint density at radius 3 is 2.50 bits per heavy atom. The minimum atomic E-state index is -0.959. The topological polar surface area (TPSA) is 66.8 Å². The standard InChI is InChI=1S/C20H21NO4S/c1-2-25-16-7-9-17(10-8-16)26-13-19(22)21-12-15-6-4-3-5-14(15)11-18(21)20(23)24/h3-10,18H,2,11-13H2,1H3,(H,23,24). The Labute approximate surface area is 157 Å². The van der Waals surface area contributed by atoms with Crippen LogP contribution in [0.4, 0.5) is 0 Å². The van der Waals surface area contributed by atoms with Gasteiger partial charge < -0.3 is 14.7 Å². The van der Waals surface area contributed by atoms with Crippen LogP contribution in [0.5, 0.6) is 5.75 Å². The van der Waals surface area contributed by atoms with Crippen molar-refractivity contribution >= 4 is 23.6 Å². The zero-order valence-corrected chi connectivity index (χ0v) is 15.4. The van der Waals surface area contributed by atoms with Crippen molar-refractivity contribution < 1.29 is 19.4 Å². The number of hydrogen-bond donors (Lipinski definition) is 1. The smallest absolute Gasteiger partial charge is 0.326 e. The van der Waals surface area contributed by atoms with Crippen LogP contribution >= 0.6 is 11.8 Å². The first kappa shape index (κ1) is 18.3. The minimum absolute atomic E-state index is 0.161. The first-order valence-electron chi connectivity index (χ1n) is 8.53. The molecule has 2 aromatic rings. The molecule has 0 bridgehead atoms. The van der Waals surface area contributed by atoms with Crippen molar-refractivity contribution in [2.45, 2.75) is 30.8 Å². The summed E-state index contributed by atoms with van der Waals surface area (Å²) < 4.78 is 5.41. The molecular weight excluding hydrogens is 350 g/mol. The number of fused-ring (bicyclic) bond motifs is 1. The molecule has 2 aromatic carbocycles. The molecule has 1 amide bonds. The molecule has 6 heteroatoms. The van der Waals surface area contributed by atoms with E-state index in [0.717, 1.165) is 21.8 Å². The molecule has 136 valence electrons. The third-order valence-electron chi connectivity index (χ3n) is 4.35. The molecule has 0 saturated heterocycles. The third-order valence-corrected chi connectivity index (χ3v) is 5.35. The van der Waals surface area contributed by atoms with Gasteiger partial charge in [0.1, 0.15) is 11.8 Å². The van der Waals surface area contributed by atoms with E-state index in [1.165, 1.54) is 16.7 Å². The average molecular weight is 371 g/mol. The highest BCUT2D eigenvalue weighted by Gasteiger charge is 2.34. The molecule has 1 atom stereocenters. The van der Waals surface area contributed by atoms with Gasteiger partial charge in [-0.15, -0.1) is 11.8 Å². The second kappa shape index (κ2) is 8.27. The number of aliphatic carboxylic acids is 1. The van der Waals surface area contributed by atoms with E-state index in [1.54, 1.807) is 0 Å². The van der Waals surface area contributed by atoms with Gasteiger partial charge in [0.05, 0.1) is 12.4 Å². The van der Waals surface area contributed by atoms with Crippen LogP contribution in [0.15, 0.2) is 53.4 Å². The van der Waals surface area contributed by atoms with Crippen molar-refractivity contribution in [1.82, 2.24) is 4.90 Å². The number of hydrogen-bond acceptors (Lipinski definition) is 4. The number of carboxylic acid groups (broad SMARTS) is 1. The molecule has 26 heavy (non-hydrogen) atoms. The molecule has 1 heterocycles. The normalized spacial score (nSPS) is 16.0. The largest absolute Gasteiger partial charge is 0.494 e. The van der Waals surface area contributed by atoms with E-state index < -0.39 is 12.0 Å². The summed E-state index contributed by atoms with van der Waals surface area (Å²) in [6.45, 7) is 2.88. The van der Waals surface area contributed by atoms with Gasteiger partial charge in [-0.3, -0.25) is 4.79 Å². The lowest BCUT2D eigenvalue weighted by Crippen LogP contribution is -2.49. The van der Waals surface area contributed by atoms with Crippen LogP contribution in [0.2, 0.25) is 0 Å². The second-order valence-electron chi connectivity index (χ2n) is 6.04. The van der Waals surface area contributed by atoms with Gasteiger partial charge in [0.25, 0.3) is 0 Å². The first-order chi connectivity index (χ1) is 12.6. The Morgan fingerprint density at radius 1 is 1.15 bits per heavy atom. The van der Waals surface area contributed by atoms with Gasteiger partial charge in [0.15, 0.2) is 0 Å². The highest BCUT2D eigenvalue weighted by atomic mass is 32.2. The molecule has 5 nitrogen and oxygen atoms in total. The number of benzene rings is 2. The lowest BCUT2D eigenvalue weighted by molar-refractivity contribution is -0.150. The van der Waals surface area contributed by atoms with E-state index in [9.17, 15) is 14.7 Å². The number of rotatable bonds is 6. The maximum Gasteiger partial charge on any atom is 0.326 e. The highest BCUT2D eigenvalue weighted by molar-refractivity contribution is 8.00. The number of carbonyl (C=O) groups excluding carboxylic acids is 1. The number of thioether (sulfide) groups is 1. The fourth-order valence-corrected chi connectivity index (χ4v) is 3.82. The molecule has 1 aliphatic rings. The van der Waals surface area contributed by atoms with Crippen LogP contribution in [-0.4, -0.2) is 40.3 Å². The predicted octanol–water partition coefficient (Wildman–Crippen LogP) is 3.22. The summed E-state index contributed by atoms with van der Waals surface area (Å²) in [6, 6.07) is 14.4. The van der Waals surface area contributed by atoms with Gasteiger partial charge in [0, 0.05) is 17.9 Å². The summed E-state index contributed by atoms with van der Waals surface area (Å²) in [6.07, 6.45) is 0.352. The zero-order chi connectivity index (χ0) is 18.5. The van der Waals surface area contributed by atoms with Crippen LogP contribution in [0.25, 0.3) is 0 Å². The maximum atomic E-state index is 12.7. The second-order valence-corrected chi connectivity index (χ2v) is 7.09. The summed E-state index contributed by atoms with van der Waals surface area (Å²) in [7, 11) is 0. The third kappa shape index (κ3) is 4.19. The van der Waals surface area contributed by atoms with E-state index in [0.29, 0.717) is 19.6 Å². The van der Waals surface area contributed by atoms with Gasteiger partial charge in [-0.2, -0.15) is 0 Å². The molecule has 0 saturated carbocycles. The predicted molar refractivity (Wildman–Crippen MR) is 100 cm³/mol. The van der Waals surface area contributed by atoms with E-state index in [2.05, 4.69) is 0 Å². The molecule has 3 rings (SSSR count). The van der Waals surface area contributed by atoms with E-state index >= 15 is 0 Å². The number of ether oxygens (including phenoxy) is 1. The lowest BCUT2D eigenvalue weighted by Gasteiger charge is -2.34. The Balaban J connectivity index is 1.66. The van der Waals surface area contributed by atoms with Gasteiger partial charge >= 0.3 is 5.97 Å². The van der Waals surface area contributed by atoms with Gasteiger partial charge in [-0.1, -0.05) is 24.3 Å². The molecule has 1 aliphatic heterocycles. The van der Waals surface area contributed by atoms with Crippen molar-refractivity contribution in [3.8, 4) is 5.75 Å². The van der Waals surface area contributed by atoms with E-state index in [4.69, 9.17) is 4.74 Å². The summed E-state index contributed by atoms with van der Waals surface area (Å²) in [5, 5.41) is 9.53. The average Bonchev–Trinajstić information content (AvgIpc) is 2.66. The lowest BCUT2D eigenvalue weighted by atomic mass is 9.94. The minimum Gasteiger partial charge on any atom is -0.494 e. The quantitative estimate of drug-likeness (QED) is 0.790. The fourth-order valence-electron chi connectivity index (χ4n) is 3.03. The molecular formula is C20H21NO4S. The van der Waals surface area contributed by atoms with Gasteiger partial charge in [-0.05, 0) is 42.3 Å². The van der Waals surface area contributed by atoms with Crippen LogP contribution in [0, 0.1) is 0 Å². The Morgan fingerprint density at radius 2 is 1.85 bits per heavy atom. The Hall–Kier alpha value is -2.47. The summed E-state index contributed by atoms with van der Waals surface area (Å²) in [5.74, 6) is -0.119. The molecule has 0 aromatic heterocycles. The molecule has 1 unspecified atom stereocenters. The maximum absolute atomic E-state index is 12.7. The van der Waals surface area contributed by atoms with Crippen LogP contribution in [0.3, 0.4) is 0 Å². The number of amides is 1. The number of carboxylic acids is 1. The Kier molecular flexibility index (Phi) is 5.83. The molecule has 0 radical (unpaired) electrons. The van der Waals surface area contributed by atoms with Crippen molar-refractivity contribution in [2.75, 3.05) is 12.4 Å². The SMILES string of the molecule is CCOc1ccc(SCC(=O)N2Cc3ccccc3CC2C(=O)O)cc1. The molecule has 1 N–H and O–H groups in total. The monoisotopic (exact) mass is 371 g/mol. The van der Waals surface area contributed by atoms with Crippen molar-refractivity contribution in [1.29, 1.82) is 0 Å². The van der Waals surface area contributed by atoms with Crippen LogP contribution < -0.4 is 4.74 Å². The Bertz CT molecular complexity index is 791. The van der Waals surface area contributed by atoms with Crippen molar-refractivity contribution in [3.05, 3.63) is 59.7 Å². The molecule has 0 aliphatic carbocycles. The van der Waals surface area contributed by atoms with Gasteiger partial charge in [-0.25, -0.2) is 4.79 Å². The van der Waals surface area contributed by atoms with Crippen LogP contribution in [0.1, 0.15) is 18.1 Å². The summed E-state index contributed by atoms with van der Waals surface area (Å²) in [4.78, 5) is 26.7. The van der Waals surface area contributed by atoms with E-state index in [1.807, 2.05) is 55.5 Å². The van der Waals surface area contributed by atoms with Crippen LogP contribution in [-0.2, 0) is 22.6 Å². The molecule has 0 fully saturated rings. The van der Waals surface area contributed by atoms with Crippen molar-refractivity contribution in [2.24, 2.45) is 0 Å². The first-order valence-corrected chi connectivity index (χ1v) is 9.51. The van der Waals surface area contributed by atoms with E-state index in [-0.39, 0.29) is 11.7 Å². The van der Waals surface area contributed by atoms with Crippen molar-refractivity contribution in [3.63, 3.8) is 0 Å². The fraction of sp³-hybridized carbons (Fsp3) is 0.300. The summed E-state index contributed by atoms with van der Waals surface area (Å²) >= 11 is 1.40. The summed E-state index contributed by atoms with van der Waals surface area (Å²) in [5.41, 5.74) is 2.02. The zero-order valence-electron chi connectivity index (χ0n) is 14.6. The number of carbonyl (C=O) groups is 2. The van der Waals surface area contributed by atoms with Gasteiger partial charge in [0.2, 0.25) is 5.91 Å². The highest BCUT2D eigenvalue weighted by Crippen LogP contribution is 2.26.